The number of carboxylic acid groups (broad SMARTS) is 1. The number of nitrogens with zero attached hydrogens (tertiary/aromatic N) is 1. The van der Waals surface area contributed by atoms with Crippen LogP contribution in [-0.2, 0) is 21.4 Å². The molecule has 0 aliphatic rings. The van der Waals surface area contributed by atoms with E-state index in [0.717, 1.165) is 4.31 Å². The second kappa shape index (κ2) is 7.46. The van der Waals surface area contributed by atoms with Crippen LogP contribution < -0.4 is 4.74 Å². The highest BCUT2D eigenvalue weighted by Crippen LogP contribution is 2.23. The van der Waals surface area contributed by atoms with Crippen molar-refractivity contribution in [3.05, 3.63) is 60.2 Å². The number of methoxy groups -OCH3 is 1. The maximum Gasteiger partial charge on any atom is 0.321 e. The van der Waals surface area contributed by atoms with Crippen molar-refractivity contribution in [2.45, 2.75) is 24.4 Å². The molecule has 6 nitrogen and oxygen atoms in total. The maximum atomic E-state index is 12.9. The molecule has 0 fully saturated rings. The average molecular weight is 349 g/mol. The molecule has 0 aromatic heterocycles. The van der Waals surface area contributed by atoms with Crippen molar-refractivity contribution in [3.8, 4) is 5.75 Å². The molecule has 7 heteroatoms. The predicted octanol–water partition coefficient (Wildman–Crippen LogP) is 2.36. The summed E-state index contributed by atoms with van der Waals surface area (Å²) in [6.07, 6.45) is 0. The number of rotatable bonds is 7. The minimum Gasteiger partial charge on any atom is -0.497 e. The zero-order chi connectivity index (χ0) is 17.7. The van der Waals surface area contributed by atoms with E-state index in [1.807, 2.05) is 6.07 Å². The summed E-state index contributed by atoms with van der Waals surface area (Å²) < 4.78 is 31.8. The summed E-state index contributed by atoms with van der Waals surface area (Å²) in [4.78, 5) is 11.4. The zero-order valence-corrected chi connectivity index (χ0v) is 14.2. The Morgan fingerprint density at radius 1 is 1.12 bits per heavy atom. The third kappa shape index (κ3) is 3.93. The molecule has 2 aromatic rings. The van der Waals surface area contributed by atoms with Crippen LogP contribution in [0.3, 0.4) is 0 Å². The third-order valence-corrected chi connectivity index (χ3v) is 5.57. The summed E-state index contributed by atoms with van der Waals surface area (Å²) in [6.45, 7) is 1.33. The molecule has 0 saturated carbocycles. The average Bonchev–Trinajstić information content (AvgIpc) is 2.59. The van der Waals surface area contributed by atoms with Crippen LogP contribution >= 0.6 is 0 Å². The van der Waals surface area contributed by atoms with Gasteiger partial charge in [-0.2, -0.15) is 4.31 Å². The van der Waals surface area contributed by atoms with E-state index in [-0.39, 0.29) is 11.4 Å². The van der Waals surface area contributed by atoms with Gasteiger partial charge in [0, 0.05) is 6.54 Å². The van der Waals surface area contributed by atoms with Gasteiger partial charge in [0.2, 0.25) is 10.0 Å². The summed E-state index contributed by atoms with van der Waals surface area (Å²) in [5.74, 6) is -0.683. The number of carboxylic acids is 1. The van der Waals surface area contributed by atoms with Gasteiger partial charge < -0.3 is 9.84 Å². The van der Waals surface area contributed by atoms with E-state index in [1.165, 1.54) is 38.3 Å². The molecule has 0 radical (unpaired) electrons. The molecule has 0 spiro atoms. The van der Waals surface area contributed by atoms with Gasteiger partial charge in [0.1, 0.15) is 11.8 Å². The van der Waals surface area contributed by atoms with Crippen LogP contribution in [-0.4, -0.2) is 37.0 Å². The molecule has 0 unspecified atom stereocenters. The Balaban J connectivity index is 2.42. The molecule has 1 atom stereocenters. The van der Waals surface area contributed by atoms with Crippen LogP contribution in [0.4, 0.5) is 0 Å². The lowest BCUT2D eigenvalue weighted by Gasteiger charge is -2.26. The summed E-state index contributed by atoms with van der Waals surface area (Å²) in [6, 6.07) is 13.5. The van der Waals surface area contributed by atoms with Gasteiger partial charge in [-0.05, 0) is 36.8 Å². The molecule has 0 heterocycles. The standard InChI is InChI=1S/C17H19NO5S/c1-13(17(19)20)18(12-14-6-4-3-5-7-14)24(21,22)16-10-8-15(23-2)9-11-16/h3-11,13H,12H2,1-2H3,(H,19,20)/t13-/m0/s1. The first-order valence-corrected chi connectivity index (χ1v) is 8.73. The monoisotopic (exact) mass is 349 g/mol. The minimum atomic E-state index is -3.97. The molecule has 2 aromatic carbocycles. The van der Waals surface area contributed by atoms with Crippen LogP contribution in [0, 0.1) is 0 Å². The largest absolute Gasteiger partial charge is 0.497 e. The molecule has 0 aliphatic heterocycles. The number of hydrogen-bond donors (Lipinski definition) is 1. The van der Waals surface area contributed by atoms with Crippen molar-refractivity contribution in [2.24, 2.45) is 0 Å². The van der Waals surface area contributed by atoms with Gasteiger partial charge in [-0.15, -0.1) is 0 Å². The minimum absolute atomic E-state index is 0.0207. The Kier molecular flexibility index (Phi) is 5.58. The number of benzene rings is 2. The van der Waals surface area contributed by atoms with Crippen LogP contribution in [0.15, 0.2) is 59.5 Å². The molecule has 128 valence electrons. The molecule has 1 N–H and O–H groups in total. The maximum absolute atomic E-state index is 12.9. The van der Waals surface area contributed by atoms with Crippen molar-refractivity contribution >= 4 is 16.0 Å². The van der Waals surface area contributed by atoms with Gasteiger partial charge in [0.25, 0.3) is 0 Å². The summed E-state index contributed by atoms with van der Waals surface area (Å²) in [7, 11) is -2.49. The Hall–Kier alpha value is -2.38. The number of aliphatic carboxylic acids is 1. The summed E-state index contributed by atoms with van der Waals surface area (Å²) >= 11 is 0. The zero-order valence-electron chi connectivity index (χ0n) is 13.4. The SMILES string of the molecule is COc1ccc(S(=O)(=O)N(Cc2ccccc2)[C@@H](C)C(=O)O)cc1. The van der Waals surface area contributed by atoms with Crippen molar-refractivity contribution in [1.82, 2.24) is 4.31 Å². The lowest BCUT2D eigenvalue weighted by Crippen LogP contribution is -2.42. The van der Waals surface area contributed by atoms with E-state index in [2.05, 4.69) is 0 Å². The van der Waals surface area contributed by atoms with Gasteiger partial charge in [-0.3, -0.25) is 4.79 Å². The van der Waals surface area contributed by atoms with E-state index in [4.69, 9.17) is 4.74 Å². The fraction of sp³-hybridized carbons (Fsp3) is 0.235. The van der Waals surface area contributed by atoms with Gasteiger partial charge >= 0.3 is 5.97 Å². The summed E-state index contributed by atoms with van der Waals surface area (Å²) in [5.41, 5.74) is 0.711. The smallest absolute Gasteiger partial charge is 0.321 e. The molecule has 0 bridgehead atoms. The Morgan fingerprint density at radius 3 is 2.21 bits per heavy atom. The van der Waals surface area contributed by atoms with Crippen molar-refractivity contribution in [1.29, 1.82) is 0 Å². The Bertz CT molecular complexity index is 787. The van der Waals surface area contributed by atoms with Crippen LogP contribution in [0.25, 0.3) is 0 Å². The molecular formula is C17H19NO5S. The topological polar surface area (TPSA) is 83.9 Å². The van der Waals surface area contributed by atoms with Crippen molar-refractivity contribution in [3.63, 3.8) is 0 Å². The second-order valence-electron chi connectivity index (χ2n) is 5.23. The van der Waals surface area contributed by atoms with Crippen LogP contribution in [0.2, 0.25) is 0 Å². The van der Waals surface area contributed by atoms with Crippen LogP contribution in [0.1, 0.15) is 12.5 Å². The van der Waals surface area contributed by atoms with Gasteiger partial charge in [-0.1, -0.05) is 30.3 Å². The van der Waals surface area contributed by atoms with Gasteiger partial charge in [-0.25, -0.2) is 8.42 Å². The fourth-order valence-electron chi connectivity index (χ4n) is 2.20. The highest BCUT2D eigenvalue weighted by atomic mass is 32.2. The molecule has 0 aliphatic carbocycles. The number of hydrogen-bond acceptors (Lipinski definition) is 4. The first-order chi connectivity index (χ1) is 11.4. The molecule has 24 heavy (non-hydrogen) atoms. The normalized spacial score (nSPS) is 12.8. The summed E-state index contributed by atoms with van der Waals surface area (Å²) in [5, 5.41) is 9.30. The number of carbonyl (C=O) groups is 1. The first-order valence-electron chi connectivity index (χ1n) is 7.29. The second-order valence-corrected chi connectivity index (χ2v) is 7.12. The molecule has 0 saturated heterocycles. The highest BCUT2D eigenvalue weighted by molar-refractivity contribution is 7.89. The van der Waals surface area contributed by atoms with Crippen LogP contribution in [0.5, 0.6) is 5.75 Å². The van der Waals surface area contributed by atoms with E-state index < -0.39 is 22.0 Å². The molecule has 2 rings (SSSR count). The van der Waals surface area contributed by atoms with Crippen molar-refractivity contribution < 1.29 is 23.1 Å². The van der Waals surface area contributed by atoms with E-state index in [0.29, 0.717) is 11.3 Å². The predicted molar refractivity (Wildman–Crippen MR) is 89.3 cm³/mol. The fourth-order valence-corrected chi connectivity index (χ4v) is 3.78. The molecule has 0 amide bonds. The number of ether oxygens (including phenoxy) is 1. The first kappa shape index (κ1) is 18.0. The van der Waals surface area contributed by atoms with E-state index in [1.54, 1.807) is 24.3 Å². The lowest BCUT2D eigenvalue weighted by molar-refractivity contribution is -0.141. The lowest BCUT2D eigenvalue weighted by atomic mass is 10.2. The molecular weight excluding hydrogens is 330 g/mol. The Labute approximate surface area is 141 Å². The van der Waals surface area contributed by atoms with Gasteiger partial charge in [0.05, 0.1) is 12.0 Å². The van der Waals surface area contributed by atoms with Gasteiger partial charge in [0.15, 0.2) is 0 Å². The quantitative estimate of drug-likeness (QED) is 0.829. The van der Waals surface area contributed by atoms with E-state index >= 15 is 0 Å². The van der Waals surface area contributed by atoms with E-state index in [9.17, 15) is 18.3 Å². The third-order valence-electron chi connectivity index (χ3n) is 3.64. The number of sulfonamides is 1. The highest BCUT2D eigenvalue weighted by Gasteiger charge is 2.33. The Morgan fingerprint density at radius 2 is 1.71 bits per heavy atom. The van der Waals surface area contributed by atoms with Crippen molar-refractivity contribution in [2.75, 3.05) is 7.11 Å².